The van der Waals surface area contributed by atoms with E-state index < -0.39 is 45.9 Å². The summed E-state index contributed by atoms with van der Waals surface area (Å²) in [4.78, 5) is 51.0. The van der Waals surface area contributed by atoms with Crippen molar-refractivity contribution in [2.75, 3.05) is 32.6 Å². The third-order valence-corrected chi connectivity index (χ3v) is 8.21. The molecule has 3 rings (SSSR count). The third kappa shape index (κ3) is 5.89. The first kappa shape index (κ1) is 28.9. The van der Waals surface area contributed by atoms with E-state index in [2.05, 4.69) is 10.6 Å². The molecule has 0 aromatic heterocycles. The highest BCUT2D eigenvalue weighted by molar-refractivity contribution is 7.89. The first-order chi connectivity index (χ1) is 17.9. The van der Waals surface area contributed by atoms with Crippen LogP contribution in [0, 0.1) is 5.92 Å². The van der Waals surface area contributed by atoms with E-state index in [1.165, 1.54) is 49.3 Å². The number of carbonyl (C=O) groups is 4. The number of ether oxygens (including phenoxy) is 3. The van der Waals surface area contributed by atoms with Gasteiger partial charge in [-0.2, -0.15) is 4.31 Å². The lowest BCUT2D eigenvalue weighted by Crippen LogP contribution is -2.40. The summed E-state index contributed by atoms with van der Waals surface area (Å²) in [6.45, 7) is 5.34. The fourth-order valence-corrected chi connectivity index (χ4v) is 5.84. The number of methoxy groups -OCH3 is 2. The minimum Gasteiger partial charge on any atom is -0.466 e. The zero-order chi connectivity index (χ0) is 28.2. The van der Waals surface area contributed by atoms with Gasteiger partial charge < -0.3 is 24.8 Å². The Balaban J connectivity index is 1.75. The molecule has 0 unspecified atom stereocenters. The molecule has 2 N–H and O–H groups in total. The van der Waals surface area contributed by atoms with Gasteiger partial charge in [0.15, 0.2) is 6.10 Å². The number of dihydropyridines is 1. The smallest absolute Gasteiger partial charge is 0.336 e. The van der Waals surface area contributed by atoms with Gasteiger partial charge in [0.1, 0.15) is 5.92 Å². The van der Waals surface area contributed by atoms with Gasteiger partial charge in [-0.15, -0.1) is 0 Å². The van der Waals surface area contributed by atoms with Gasteiger partial charge in [0.05, 0.1) is 30.3 Å². The second-order valence-corrected chi connectivity index (χ2v) is 10.8. The minimum atomic E-state index is -3.60. The number of rotatable bonds is 8. The molecule has 2 aliphatic rings. The number of carbonyl (C=O) groups excluding carboxylic acids is 4. The van der Waals surface area contributed by atoms with E-state index in [1.54, 1.807) is 0 Å². The molecule has 0 saturated carbocycles. The van der Waals surface area contributed by atoms with E-state index in [0.29, 0.717) is 13.1 Å². The molecule has 2 aliphatic heterocycles. The second-order valence-electron chi connectivity index (χ2n) is 8.82. The standard InChI is InChI=1S/C25H31N3O9S/c1-14-19(23(30)35-4)21(20(15(2)26-14)24(31)36-5)25(32)37-16(3)22(29)27-17-8-10-18(11-9-17)38(33,34)28-12-6-7-13-28/h8-11,16,21,26H,6-7,12-13H2,1-5H3,(H,27,29)/t16-/m1/s1. The van der Waals surface area contributed by atoms with Crippen LogP contribution in [0.5, 0.6) is 0 Å². The molecule has 13 heteroatoms. The molecular weight excluding hydrogens is 518 g/mol. The van der Waals surface area contributed by atoms with E-state index in [1.807, 2.05) is 0 Å². The van der Waals surface area contributed by atoms with Crippen LogP contribution in [0.4, 0.5) is 5.69 Å². The van der Waals surface area contributed by atoms with Crippen LogP contribution < -0.4 is 10.6 Å². The molecule has 0 aliphatic carbocycles. The highest BCUT2D eigenvalue weighted by Gasteiger charge is 2.43. The third-order valence-electron chi connectivity index (χ3n) is 6.29. The SMILES string of the molecule is COC(=O)C1=C(C)NC(C)=C(C(=O)OC)C1C(=O)O[C@H](C)C(=O)Nc1ccc(S(=O)(=O)N2CCCC2)cc1. The highest BCUT2D eigenvalue weighted by Crippen LogP contribution is 2.32. The number of hydrogen-bond acceptors (Lipinski definition) is 10. The summed E-state index contributed by atoms with van der Waals surface area (Å²) >= 11 is 0. The van der Waals surface area contributed by atoms with Gasteiger partial charge in [-0.3, -0.25) is 9.59 Å². The van der Waals surface area contributed by atoms with E-state index in [0.717, 1.165) is 27.1 Å². The van der Waals surface area contributed by atoms with Crippen LogP contribution in [0.1, 0.15) is 33.6 Å². The normalized spacial score (nSPS) is 17.5. The lowest BCUT2D eigenvalue weighted by atomic mass is 9.85. The first-order valence-corrected chi connectivity index (χ1v) is 13.3. The van der Waals surface area contributed by atoms with Gasteiger partial charge in [-0.1, -0.05) is 0 Å². The maximum absolute atomic E-state index is 13.2. The van der Waals surface area contributed by atoms with Gasteiger partial charge in [-0.25, -0.2) is 18.0 Å². The van der Waals surface area contributed by atoms with Gasteiger partial charge >= 0.3 is 17.9 Å². The second kappa shape index (κ2) is 11.8. The van der Waals surface area contributed by atoms with Crippen molar-refractivity contribution in [1.82, 2.24) is 9.62 Å². The van der Waals surface area contributed by atoms with E-state index in [9.17, 15) is 27.6 Å². The molecule has 2 heterocycles. The van der Waals surface area contributed by atoms with Crippen LogP contribution in [0.3, 0.4) is 0 Å². The molecule has 0 bridgehead atoms. The number of anilines is 1. The zero-order valence-electron chi connectivity index (χ0n) is 21.8. The Kier molecular flexibility index (Phi) is 8.94. The maximum Gasteiger partial charge on any atom is 0.336 e. The molecule has 1 amide bonds. The number of sulfonamides is 1. The summed E-state index contributed by atoms with van der Waals surface area (Å²) in [5, 5.41) is 5.42. The van der Waals surface area contributed by atoms with E-state index >= 15 is 0 Å². The Morgan fingerprint density at radius 2 is 1.45 bits per heavy atom. The zero-order valence-corrected chi connectivity index (χ0v) is 22.6. The largest absolute Gasteiger partial charge is 0.466 e. The van der Waals surface area contributed by atoms with E-state index in [-0.39, 0.29) is 33.1 Å². The molecule has 1 fully saturated rings. The summed E-state index contributed by atoms with van der Waals surface area (Å²) in [5.41, 5.74) is 0.559. The summed E-state index contributed by atoms with van der Waals surface area (Å²) < 4.78 is 41.7. The molecule has 12 nitrogen and oxygen atoms in total. The van der Waals surface area contributed by atoms with Crippen LogP contribution in [0.2, 0.25) is 0 Å². The molecule has 0 spiro atoms. The van der Waals surface area contributed by atoms with Crippen molar-refractivity contribution in [3.63, 3.8) is 0 Å². The average molecular weight is 550 g/mol. The van der Waals surface area contributed by atoms with E-state index in [4.69, 9.17) is 14.2 Å². The van der Waals surface area contributed by atoms with Crippen LogP contribution in [-0.4, -0.2) is 70.0 Å². The van der Waals surface area contributed by atoms with Crippen molar-refractivity contribution in [2.24, 2.45) is 5.92 Å². The average Bonchev–Trinajstić information content (AvgIpc) is 3.43. The summed E-state index contributed by atoms with van der Waals surface area (Å²) in [5.74, 6) is -4.93. The van der Waals surface area contributed by atoms with Gasteiger partial charge in [0.2, 0.25) is 10.0 Å². The lowest BCUT2D eigenvalue weighted by molar-refractivity contribution is -0.157. The van der Waals surface area contributed by atoms with Crippen molar-refractivity contribution in [1.29, 1.82) is 0 Å². The monoisotopic (exact) mass is 549 g/mol. The molecule has 0 radical (unpaired) electrons. The number of esters is 3. The Hall–Kier alpha value is -3.71. The maximum atomic E-state index is 13.2. The Morgan fingerprint density at radius 1 is 0.947 bits per heavy atom. The molecule has 1 aromatic carbocycles. The van der Waals surface area contributed by atoms with Crippen LogP contribution in [-0.2, 0) is 43.4 Å². The Bertz CT molecular complexity index is 1260. The Labute approximate surface area is 221 Å². The fourth-order valence-electron chi connectivity index (χ4n) is 4.32. The van der Waals surface area contributed by atoms with Crippen molar-refractivity contribution in [2.45, 2.75) is 44.6 Å². The molecule has 206 valence electrons. The number of nitrogens with zero attached hydrogens (tertiary/aromatic N) is 1. The number of nitrogens with one attached hydrogen (secondary N) is 2. The number of benzene rings is 1. The summed E-state index contributed by atoms with van der Waals surface area (Å²) in [6, 6.07) is 5.65. The van der Waals surface area contributed by atoms with Gasteiger partial charge in [-0.05, 0) is 57.9 Å². The number of allylic oxidation sites excluding steroid dienone is 2. The quantitative estimate of drug-likeness (QED) is 0.359. The van der Waals surface area contributed by atoms with Gasteiger partial charge in [0.25, 0.3) is 5.91 Å². The first-order valence-electron chi connectivity index (χ1n) is 11.9. The predicted octanol–water partition coefficient (Wildman–Crippen LogP) is 1.45. The van der Waals surface area contributed by atoms with Crippen molar-refractivity contribution in [3.05, 3.63) is 46.8 Å². The van der Waals surface area contributed by atoms with Crippen LogP contribution in [0.15, 0.2) is 51.7 Å². The topological polar surface area (TPSA) is 157 Å². The molecule has 1 atom stereocenters. The molecular formula is C25H31N3O9S. The van der Waals surface area contributed by atoms with Crippen molar-refractivity contribution >= 4 is 39.5 Å². The van der Waals surface area contributed by atoms with Gasteiger partial charge in [0, 0.05) is 30.2 Å². The molecule has 38 heavy (non-hydrogen) atoms. The number of amides is 1. The van der Waals surface area contributed by atoms with Crippen molar-refractivity contribution < 1.29 is 41.8 Å². The fraction of sp³-hybridized carbons (Fsp3) is 0.440. The highest BCUT2D eigenvalue weighted by atomic mass is 32.2. The predicted molar refractivity (Wildman–Crippen MR) is 135 cm³/mol. The Morgan fingerprint density at radius 3 is 1.92 bits per heavy atom. The summed E-state index contributed by atoms with van der Waals surface area (Å²) in [7, 11) is -1.34. The molecule has 1 saturated heterocycles. The summed E-state index contributed by atoms with van der Waals surface area (Å²) in [6.07, 6.45) is 0.298. The number of hydrogen-bond donors (Lipinski definition) is 2. The van der Waals surface area contributed by atoms with Crippen LogP contribution in [0.25, 0.3) is 0 Å². The molecule has 1 aromatic rings. The lowest BCUT2D eigenvalue weighted by Gasteiger charge is -2.29. The van der Waals surface area contributed by atoms with Crippen LogP contribution >= 0.6 is 0 Å². The van der Waals surface area contributed by atoms with Crippen molar-refractivity contribution in [3.8, 4) is 0 Å². The minimum absolute atomic E-state index is 0.109.